The minimum Gasteiger partial charge on any atom is -0.388 e. The van der Waals surface area contributed by atoms with E-state index in [-0.39, 0.29) is 5.91 Å². The van der Waals surface area contributed by atoms with E-state index in [1.807, 2.05) is 18.3 Å². The summed E-state index contributed by atoms with van der Waals surface area (Å²) >= 11 is 0. The molecule has 2 heterocycles. The van der Waals surface area contributed by atoms with Crippen LogP contribution in [-0.2, 0) is 4.79 Å². The number of hydrogen-bond acceptors (Lipinski definition) is 2. The number of nitrogens with one attached hydrogen (secondary N) is 1. The van der Waals surface area contributed by atoms with Gasteiger partial charge in [-0.3, -0.25) is 4.79 Å². The summed E-state index contributed by atoms with van der Waals surface area (Å²) in [7, 11) is 0. The van der Waals surface area contributed by atoms with Gasteiger partial charge in [-0.25, -0.2) is 0 Å². The van der Waals surface area contributed by atoms with E-state index < -0.39 is 5.60 Å². The van der Waals surface area contributed by atoms with Crippen molar-refractivity contribution in [3.05, 3.63) is 30.1 Å². The number of β-amino-alcohol motifs (C(OH)–C–C–N with tert-alkyl or cyclic N) is 1. The van der Waals surface area contributed by atoms with Crippen molar-refractivity contribution in [2.24, 2.45) is 5.92 Å². The number of H-pyrrole nitrogens is 1. The van der Waals surface area contributed by atoms with Crippen LogP contribution >= 0.6 is 0 Å². The number of carbonyl (C=O) groups excluding carboxylic acids is 1. The van der Waals surface area contributed by atoms with Crippen LogP contribution in [-0.4, -0.2) is 39.6 Å². The van der Waals surface area contributed by atoms with E-state index in [9.17, 15) is 9.90 Å². The molecule has 96 valence electrons. The summed E-state index contributed by atoms with van der Waals surface area (Å²) in [5.41, 5.74) is 0.302. The van der Waals surface area contributed by atoms with E-state index in [1.165, 1.54) is 0 Å². The minimum absolute atomic E-state index is 0.0128. The van der Waals surface area contributed by atoms with Crippen molar-refractivity contribution < 1.29 is 9.90 Å². The largest absolute Gasteiger partial charge is 0.388 e. The fraction of sp³-hybridized carbons (Fsp3) is 0.500. The van der Waals surface area contributed by atoms with Crippen LogP contribution in [0, 0.1) is 5.92 Å². The van der Waals surface area contributed by atoms with E-state index in [0.717, 1.165) is 25.0 Å². The first-order valence-corrected chi connectivity index (χ1v) is 6.50. The number of aromatic nitrogens is 1. The van der Waals surface area contributed by atoms with E-state index in [0.29, 0.717) is 19.0 Å². The molecule has 0 radical (unpaired) electrons. The normalized spacial score (nSPS) is 28.2. The van der Waals surface area contributed by atoms with Gasteiger partial charge in [0.25, 0.3) is 0 Å². The highest BCUT2D eigenvalue weighted by molar-refractivity contribution is 5.91. The first-order valence-electron chi connectivity index (χ1n) is 6.50. The highest BCUT2D eigenvalue weighted by Crippen LogP contribution is 2.44. The molecule has 1 aromatic heterocycles. The third-order valence-corrected chi connectivity index (χ3v) is 3.96. The van der Waals surface area contributed by atoms with Gasteiger partial charge in [0.1, 0.15) is 0 Å². The Balaban J connectivity index is 1.60. The average Bonchev–Trinajstić information content (AvgIpc) is 2.96. The molecule has 1 saturated heterocycles. The van der Waals surface area contributed by atoms with Crippen molar-refractivity contribution >= 4 is 12.0 Å². The van der Waals surface area contributed by atoms with Crippen molar-refractivity contribution in [1.82, 2.24) is 9.88 Å². The maximum Gasteiger partial charge on any atom is 0.246 e. The summed E-state index contributed by atoms with van der Waals surface area (Å²) in [6, 6.07) is 3.81. The van der Waals surface area contributed by atoms with Crippen LogP contribution in [0.15, 0.2) is 24.4 Å². The molecule has 3 rings (SSSR count). The molecule has 1 aliphatic carbocycles. The summed E-state index contributed by atoms with van der Waals surface area (Å²) in [4.78, 5) is 16.8. The molecular formula is C14H18N2O2. The van der Waals surface area contributed by atoms with Crippen molar-refractivity contribution in [3.8, 4) is 0 Å². The smallest absolute Gasteiger partial charge is 0.246 e. The maximum absolute atomic E-state index is 12.0. The lowest BCUT2D eigenvalue weighted by Crippen LogP contribution is -2.37. The lowest BCUT2D eigenvalue weighted by atomic mass is 9.97. The summed E-state index contributed by atoms with van der Waals surface area (Å²) < 4.78 is 0. The van der Waals surface area contributed by atoms with Crippen LogP contribution in [0.25, 0.3) is 6.08 Å². The third kappa shape index (κ3) is 2.20. The number of aromatic amines is 1. The van der Waals surface area contributed by atoms with Crippen molar-refractivity contribution in [2.45, 2.75) is 24.9 Å². The SMILES string of the molecule is O=C(/C=C/c1ccc[nH]1)N1CCC(O)(C2CC2)C1. The second-order valence-corrected chi connectivity index (χ2v) is 5.35. The topological polar surface area (TPSA) is 56.3 Å². The molecule has 1 saturated carbocycles. The molecule has 18 heavy (non-hydrogen) atoms. The molecule has 0 spiro atoms. The van der Waals surface area contributed by atoms with Crippen molar-refractivity contribution in [1.29, 1.82) is 0 Å². The van der Waals surface area contributed by atoms with Gasteiger partial charge in [-0.15, -0.1) is 0 Å². The fourth-order valence-corrected chi connectivity index (χ4v) is 2.67. The number of carbonyl (C=O) groups is 1. The number of likely N-dealkylation sites (tertiary alicyclic amines) is 1. The Morgan fingerprint density at radius 3 is 3.06 bits per heavy atom. The Kier molecular flexibility index (Phi) is 2.74. The summed E-state index contributed by atoms with van der Waals surface area (Å²) in [6.07, 6.45) is 8.11. The van der Waals surface area contributed by atoms with E-state index in [4.69, 9.17) is 0 Å². The molecule has 2 fully saturated rings. The molecule has 0 aromatic carbocycles. The summed E-state index contributed by atoms with van der Waals surface area (Å²) in [5, 5.41) is 10.4. The molecule has 4 nitrogen and oxygen atoms in total. The lowest BCUT2D eigenvalue weighted by Gasteiger charge is -2.22. The zero-order valence-electron chi connectivity index (χ0n) is 10.3. The molecule has 2 N–H and O–H groups in total. The predicted octanol–water partition coefficient (Wildman–Crippen LogP) is 1.40. The van der Waals surface area contributed by atoms with Gasteiger partial charge in [-0.05, 0) is 43.4 Å². The second-order valence-electron chi connectivity index (χ2n) is 5.35. The molecular weight excluding hydrogens is 228 g/mol. The first-order chi connectivity index (χ1) is 8.67. The van der Waals surface area contributed by atoms with Gasteiger partial charge in [0.2, 0.25) is 5.91 Å². The number of rotatable bonds is 3. The molecule has 2 aliphatic rings. The number of hydrogen-bond donors (Lipinski definition) is 2. The van der Waals surface area contributed by atoms with E-state index in [1.54, 1.807) is 17.1 Å². The van der Waals surface area contributed by atoms with Crippen molar-refractivity contribution in [3.63, 3.8) is 0 Å². The molecule has 1 unspecified atom stereocenters. The Labute approximate surface area is 106 Å². The minimum atomic E-state index is -0.615. The number of aliphatic hydroxyl groups is 1. The Morgan fingerprint density at radius 2 is 2.39 bits per heavy atom. The predicted molar refractivity (Wildman–Crippen MR) is 68.7 cm³/mol. The van der Waals surface area contributed by atoms with Crippen LogP contribution < -0.4 is 0 Å². The molecule has 1 atom stereocenters. The van der Waals surface area contributed by atoms with Crippen LogP contribution in [0.4, 0.5) is 0 Å². The van der Waals surface area contributed by atoms with Gasteiger partial charge < -0.3 is 15.0 Å². The van der Waals surface area contributed by atoms with Crippen LogP contribution in [0.3, 0.4) is 0 Å². The van der Waals surface area contributed by atoms with Gasteiger partial charge in [0.15, 0.2) is 0 Å². The van der Waals surface area contributed by atoms with Gasteiger partial charge >= 0.3 is 0 Å². The van der Waals surface area contributed by atoms with Crippen molar-refractivity contribution in [2.75, 3.05) is 13.1 Å². The molecule has 1 aromatic rings. The van der Waals surface area contributed by atoms with Gasteiger partial charge in [-0.2, -0.15) is 0 Å². The lowest BCUT2D eigenvalue weighted by molar-refractivity contribution is -0.126. The Bertz CT molecular complexity index is 462. The van der Waals surface area contributed by atoms with Crippen LogP contribution in [0.5, 0.6) is 0 Å². The monoisotopic (exact) mass is 246 g/mol. The molecule has 1 amide bonds. The zero-order valence-corrected chi connectivity index (χ0v) is 10.3. The standard InChI is InChI=1S/C14H18N2O2/c17-13(6-5-12-2-1-8-15-12)16-9-7-14(18,10-16)11-3-4-11/h1-2,5-6,8,11,15,18H,3-4,7,9-10H2/b6-5+. The fourth-order valence-electron chi connectivity index (χ4n) is 2.67. The molecule has 0 bridgehead atoms. The van der Waals surface area contributed by atoms with E-state index >= 15 is 0 Å². The van der Waals surface area contributed by atoms with Gasteiger partial charge in [0.05, 0.1) is 12.1 Å². The van der Waals surface area contributed by atoms with E-state index in [2.05, 4.69) is 4.98 Å². The van der Waals surface area contributed by atoms with Gasteiger partial charge in [-0.1, -0.05) is 0 Å². The number of nitrogens with zero attached hydrogens (tertiary/aromatic N) is 1. The van der Waals surface area contributed by atoms with Gasteiger partial charge in [0, 0.05) is 24.5 Å². The highest BCUT2D eigenvalue weighted by atomic mass is 16.3. The first kappa shape index (κ1) is 11.5. The highest BCUT2D eigenvalue weighted by Gasteiger charge is 2.48. The maximum atomic E-state index is 12.0. The Hall–Kier alpha value is -1.55. The zero-order chi connectivity index (χ0) is 12.6. The summed E-state index contributed by atoms with van der Waals surface area (Å²) in [5.74, 6) is 0.406. The molecule has 1 aliphatic heterocycles. The number of amides is 1. The summed E-state index contributed by atoms with van der Waals surface area (Å²) in [6.45, 7) is 1.16. The average molecular weight is 246 g/mol. The second kappa shape index (κ2) is 4.28. The Morgan fingerprint density at radius 1 is 1.56 bits per heavy atom. The van der Waals surface area contributed by atoms with Crippen LogP contribution in [0.1, 0.15) is 25.0 Å². The molecule has 4 heteroatoms. The third-order valence-electron chi connectivity index (χ3n) is 3.96. The van der Waals surface area contributed by atoms with Crippen LogP contribution in [0.2, 0.25) is 0 Å². The quantitative estimate of drug-likeness (QED) is 0.792.